The van der Waals surface area contributed by atoms with Gasteiger partial charge in [0.2, 0.25) is 0 Å². The first-order chi connectivity index (χ1) is 12.2. The van der Waals surface area contributed by atoms with Gasteiger partial charge in [0, 0.05) is 24.5 Å². The Morgan fingerprint density at radius 3 is 2.76 bits per heavy atom. The van der Waals surface area contributed by atoms with Gasteiger partial charge in [0.25, 0.3) is 5.91 Å². The number of hydrogen-bond acceptors (Lipinski definition) is 3. The fourth-order valence-corrected chi connectivity index (χ4v) is 2.49. The van der Waals surface area contributed by atoms with E-state index in [4.69, 9.17) is 4.74 Å². The Kier molecular flexibility index (Phi) is 5.46. The smallest absolute Gasteiger partial charge is 0.251 e. The SMILES string of the molecule is Cc1cccc(OCCNC(=O)c2ccc(Cn3ccnc3)cc2)c1. The summed E-state index contributed by atoms with van der Waals surface area (Å²) >= 11 is 0. The molecule has 1 aromatic heterocycles. The van der Waals surface area contributed by atoms with Crippen molar-refractivity contribution in [2.45, 2.75) is 13.5 Å². The number of nitrogens with zero attached hydrogens (tertiary/aromatic N) is 2. The van der Waals surface area contributed by atoms with Crippen molar-refractivity contribution in [3.63, 3.8) is 0 Å². The van der Waals surface area contributed by atoms with Crippen LogP contribution < -0.4 is 10.1 Å². The number of nitrogens with one attached hydrogen (secondary N) is 1. The molecule has 0 bridgehead atoms. The van der Waals surface area contributed by atoms with Gasteiger partial charge in [0.05, 0.1) is 12.9 Å². The number of carbonyl (C=O) groups excluding carboxylic acids is 1. The molecule has 1 heterocycles. The number of benzene rings is 2. The van der Waals surface area contributed by atoms with Crippen LogP contribution in [0, 0.1) is 6.92 Å². The van der Waals surface area contributed by atoms with E-state index >= 15 is 0 Å². The molecule has 3 rings (SSSR count). The first-order valence-electron chi connectivity index (χ1n) is 8.23. The zero-order valence-corrected chi connectivity index (χ0v) is 14.2. The Balaban J connectivity index is 1.45. The highest BCUT2D eigenvalue weighted by Gasteiger charge is 2.05. The number of aromatic nitrogens is 2. The largest absolute Gasteiger partial charge is 0.492 e. The molecule has 5 heteroatoms. The molecule has 5 nitrogen and oxygen atoms in total. The van der Waals surface area contributed by atoms with Crippen LogP contribution in [0.2, 0.25) is 0 Å². The molecule has 1 N–H and O–H groups in total. The molecule has 0 radical (unpaired) electrons. The van der Waals surface area contributed by atoms with Gasteiger partial charge in [-0.15, -0.1) is 0 Å². The molecule has 0 spiro atoms. The summed E-state index contributed by atoms with van der Waals surface area (Å²) in [6.45, 7) is 3.66. The summed E-state index contributed by atoms with van der Waals surface area (Å²) in [5.41, 5.74) is 2.92. The summed E-state index contributed by atoms with van der Waals surface area (Å²) in [7, 11) is 0. The molecule has 0 aliphatic rings. The number of rotatable bonds is 7. The van der Waals surface area contributed by atoms with Gasteiger partial charge in [-0.05, 0) is 42.3 Å². The van der Waals surface area contributed by atoms with Crippen LogP contribution in [0.4, 0.5) is 0 Å². The van der Waals surface area contributed by atoms with E-state index < -0.39 is 0 Å². The number of imidazole rings is 1. The Morgan fingerprint density at radius 2 is 2.04 bits per heavy atom. The van der Waals surface area contributed by atoms with E-state index in [9.17, 15) is 4.79 Å². The van der Waals surface area contributed by atoms with E-state index in [-0.39, 0.29) is 5.91 Å². The van der Waals surface area contributed by atoms with Crippen LogP contribution in [0.5, 0.6) is 5.75 Å². The predicted octanol–water partition coefficient (Wildman–Crippen LogP) is 3.05. The van der Waals surface area contributed by atoms with Gasteiger partial charge in [0.15, 0.2) is 0 Å². The summed E-state index contributed by atoms with van der Waals surface area (Å²) in [5.74, 6) is 0.722. The third-order valence-corrected chi connectivity index (χ3v) is 3.79. The van der Waals surface area contributed by atoms with Crippen molar-refractivity contribution in [3.8, 4) is 5.75 Å². The summed E-state index contributed by atoms with van der Waals surface area (Å²) < 4.78 is 7.61. The molecule has 0 aliphatic carbocycles. The van der Waals surface area contributed by atoms with Crippen LogP contribution >= 0.6 is 0 Å². The highest BCUT2D eigenvalue weighted by molar-refractivity contribution is 5.94. The van der Waals surface area contributed by atoms with Crippen molar-refractivity contribution in [1.82, 2.24) is 14.9 Å². The van der Waals surface area contributed by atoms with Gasteiger partial charge < -0.3 is 14.6 Å². The highest BCUT2D eigenvalue weighted by Crippen LogP contribution is 2.12. The first-order valence-corrected chi connectivity index (χ1v) is 8.23. The summed E-state index contributed by atoms with van der Waals surface area (Å²) in [5, 5.41) is 2.87. The molecule has 2 aromatic carbocycles. The van der Waals surface area contributed by atoms with Crippen molar-refractivity contribution in [2.75, 3.05) is 13.2 Å². The van der Waals surface area contributed by atoms with E-state index in [2.05, 4.69) is 10.3 Å². The van der Waals surface area contributed by atoms with Crippen LogP contribution in [-0.2, 0) is 6.54 Å². The summed E-state index contributed by atoms with van der Waals surface area (Å²) in [4.78, 5) is 16.2. The number of amides is 1. The standard InChI is InChI=1S/C20H21N3O2/c1-16-3-2-4-19(13-16)25-12-10-22-20(24)18-7-5-17(6-8-18)14-23-11-9-21-15-23/h2-9,11,13,15H,10,12,14H2,1H3,(H,22,24). The molecule has 25 heavy (non-hydrogen) atoms. The lowest BCUT2D eigenvalue weighted by molar-refractivity contribution is 0.0947. The average molecular weight is 335 g/mol. The van der Waals surface area contributed by atoms with Crippen LogP contribution in [-0.4, -0.2) is 28.6 Å². The lowest BCUT2D eigenvalue weighted by atomic mass is 10.1. The monoisotopic (exact) mass is 335 g/mol. The van der Waals surface area contributed by atoms with Crippen molar-refractivity contribution in [1.29, 1.82) is 0 Å². The minimum atomic E-state index is -0.0953. The van der Waals surface area contributed by atoms with E-state index in [0.717, 1.165) is 23.4 Å². The maximum atomic E-state index is 12.2. The molecule has 0 atom stereocenters. The number of hydrogen-bond donors (Lipinski definition) is 1. The lowest BCUT2D eigenvalue weighted by Crippen LogP contribution is -2.28. The fraction of sp³-hybridized carbons (Fsp3) is 0.200. The normalized spacial score (nSPS) is 10.4. The van der Waals surface area contributed by atoms with Gasteiger partial charge in [-0.1, -0.05) is 24.3 Å². The average Bonchev–Trinajstić information content (AvgIpc) is 3.12. The molecule has 1 amide bonds. The maximum absolute atomic E-state index is 12.2. The maximum Gasteiger partial charge on any atom is 0.251 e. The second kappa shape index (κ2) is 8.15. The number of aryl methyl sites for hydroxylation is 1. The van der Waals surface area contributed by atoms with E-state index in [1.165, 1.54) is 0 Å². The van der Waals surface area contributed by atoms with Gasteiger partial charge >= 0.3 is 0 Å². The molecule has 0 fully saturated rings. The van der Waals surface area contributed by atoms with Crippen molar-refractivity contribution < 1.29 is 9.53 Å². The Morgan fingerprint density at radius 1 is 1.20 bits per heavy atom. The van der Waals surface area contributed by atoms with Crippen LogP contribution in [0.1, 0.15) is 21.5 Å². The number of ether oxygens (including phenoxy) is 1. The molecule has 0 saturated heterocycles. The second-order valence-corrected chi connectivity index (χ2v) is 5.85. The molecule has 128 valence electrons. The van der Waals surface area contributed by atoms with Crippen molar-refractivity contribution >= 4 is 5.91 Å². The quantitative estimate of drug-likeness (QED) is 0.675. The topological polar surface area (TPSA) is 56.1 Å². The van der Waals surface area contributed by atoms with Crippen LogP contribution in [0.15, 0.2) is 67.3 Å². The molecular formula is C20H21N3O2. The Labute approximate surface area is 147 Å². The molecule has 0 saturated carbocycles. The minimum absolute atomic E-state index is 0.0953. The summed E-state index contributed by atoms with van der Waals surface area (Å²) in [6.07, 6.45) is 5.43. The van der Waals surface area contributed by atoms with E-state index in [0.29, 0.717) is 18.7 Å². The first kappa shape index (κ1) is 16.8. The fourth-order valence-electron chi connectivity index (χ4n) is 2.49. The van der Waals surface area contributed by atoms with Gasteiger partial charge in [-0.3, -0.25) is 4.79 Å². The number of carbonyl (C=O) groups is 1. The van der Waals surface area contributed by atoms with E-state index in [1.54, 1.807) is 12.5 Å². The Bertz CT molecular complexity index is 811. The van der Waals surface area contributed by atoms with E-state index in [1.807, 2.05) is 66.2 Å². The molecule has 3 aromatic rings. The van der Waals surface area contributed by atoms with Gasteiger partial charge in [-0.2, -0.15) is 0 Å². The highest BCUT2D eigenvalue weighted by atomic mass is 16.5. The Hall–Kier alpha value is -3.08. The zero-order valence-electron chi connectivity index (χ0n) is 14.2. The predicted molar refractivity (Wildman–Crippen MR) is 96.8 cm³/mol. The molecule has 0 aliphatic heterocycles. The van der Waals surface area contributed by atoms with Crippen LogP contribution in [0.25, 0.3) is 0 Å². The minimum Gasteiger partial charge on any atom is -0.492 e. The molecular weight excluding hydrogens is 314 g/mol. The van der Waals surface area contributed by atoms with Gasteiger partial charge in [0.1, 0.15) is 12.4 Å². The summed E-state index contributed by atoms with van der Waals surface area (Å²) in [6, 6.07) is 15.4. The van der Waals surface area contributed by atoms with Crippen molar-refractivity contribution in [3.05, 3.63) is 83.9 Å². The van der Waals surface area contributed by atoms with Crippen molar-refractivity contribution in [2.24, 2.45) is 0 Å². The third-order valence-electron chi connectivity index (χ3n) is 3.79. The zero-order chi connectivity index (χ0) is 17.5. The second-order valence-electron chi connectivity index (χ2n) is 5.85. The lowest BCUT2D eigenvalue weighted by Gasteiger charge is -2.09. The van der Waals surface area contributed by atoms with Gasteiger partial charge in [-0.25, -0.2) is 4.98 Å². The third kappa shape index (κ3) is 4.94. The van der Waals surface area contributed by atoms with Crippen LogP contribution in [0.3, 0.4) is 0 Å². The molecule has 0 unspecified atom stereocenters.